The molecule has 0 aliphatic carbocycles. The zero-order valence-electron chi connectivity index (χ0n) is 8.77. The summed E-state index contributed by atoms with van der Waals surface area (Å²) in [6.07, 6.45) is -5.46. The van der Waals surface area contributed by atoms with Crippen LogP contribution in [-0.4, -0.2) is 42.0 Å². The predicted molar refractivity (Wildman–Crippen MR) is 52.2 cm³/mol. The summed E-state index contributed by atoms with van der Waals surface area (Å²) >= 11 is 5.36. The third-order valence-corrected chi connectivity index (χ3v) is 1.87. The molecule has 1 N–H and O–H groups in total. The van der Waals surface area contributed by atoms with E-state index in [0.717, 1.165) is 11.9 Å². The highest BCUT2D eigenvalue weighted by atomic mass is 35.5. The van der Waals surface area contributed by atoms with Crippen LogP contribution in [0.1, 0.15) is 13.3 Å². The van der Waals surface area contributed by atoms with Gasteiger partial charge in [-0.3, -0.25) is 10.1 Å². The lowest BCUT2D eigenvalue weighted by atomic mass is 10.4. The minimum absolute atomic E-state index is 0.515. The molecule has 0 fully saturated rings. The molecule has 0 aliphatic rings. The average Bonchev–Trinajstić information content (AvgIpc) is 2.12. The number of hydrogen-bond acceptors (Lipinski definition) is 2. The Labute approximate surface area is 95.7 Å². The van der Waals surface area contributed by atoms with Crippen LogP contribution in [0.4, 0.5) is 18.0 Å². The van der Waals surface area contributed by atoms with Crippen molar-refractivity contribution in [3.63, 3.8) is 0 Å². The highest BCUT2D eigenvalue weighted by molar-refractivity contribution is 6.31. The molecule has 3 amide bonds. The molecular formula is C8H12ClF3N2O2. The van der Waals surface area contributed by atoms with Crippen LogP contribution in [0.5, 0.6) is 0 Å². The summed E-state index contributed by atoms with van der Waals surface area (Å²) in [6, 6.07) is -0.901. The van der Waals surface area contributed by atoms with Gasteiger partial charge in [-0.05, 0) is 6.92 Å². The number of rotatable bonds is 3. The maximum Gasteiger partial charge on any atom is 0.390 e. The van der Waals surface area contributed by atoms with Crippen molar-refractivity contribution in [1.29, 1.82) is 0 Å². The molecule has 0 aromatic carbocycles. The van der Waals surface area contributed by atoms with Gasteiger partial charge in [0.1, 0.15) is 5.38 Å². The minimum Gasteiger partial charge on any atom is -0.327 e. The Morgan fingerprint density at radius 1 is 1.44 bits per heavy atom. The van der Waals surface area contributed by atoms with Gasteiger partial charge < -0.3 is 4.90 Å². The molecule has 1 unspecified atom stereocenters. The molecule has 0 aliphatic heterocycles. The van der Waals surface area contributed by atoms with E-state index in [2.05, 4.69) is 0 Å². The molecule has 8 heteroatoms. The van der Waals surface area contributed by atoms with Gasteiger partial charge in [-0.25, -0.2) is 4.79 Å². The van der Waals surface area contributed by atoms with E-state index in [4.69, 9.17) is 11.6 Å². The van der Waals surface area contributed by atoms with Crippen molar-refractivity contribution in [2.75, 3.05) is 13.6 Å². The van der Waals surface area contributed by atoms with Gasteiger partial charge >= 0.3 is 12.2 Å². The van der Waals surface area contributed by atoms with E-state index in [9.17, 15) is 22.8 Å². The van der Waals surface area contributed by atoms with E-state index in [0.29, 0.717) is 0 Å². The molecule has 0 rings (SSSR count). The standard InChI is InChI=1S/C8H12ClF3N2O2/c1-5(9)6(15)13-7(16)14(2)4-3-8(10,11)12/h5H,3-4H2,1-2H3,(H,13,15,16). The SMILES string of the molecule is CC(Cl)C(=O)NC(=O)N(C)CCC(F)(F)F. The fraction of sp³-hybridized carbons (Fsp3) is 0.750. The van der Waals surface area contributed by atoms with E-state index in [1.807, 2.05) is 5.32 Å². The highest BCUT2D eigenvalue weighted by Crippen LogP contribution is 2.19. The lowest BCUT2D eigenvalue weighted by Crippen LogP contribution is -2.44. The predicted octanol–water partition coefficient (Wildman–Crippen LogP) is 1.73. The van der Waals surface area contributed by atoms with E-state index in [1.165, 1.54) is 6.92 Å². The Morgan fingerprint density at radius 2 is 1.94 bits per heavy atom. The quantitative estimate of drug-likeness (QED) is 0.786. The van der Waals surface area contributed by atoms with Crippen LogP contribution in [0.15, 0.2) is 0 Å². The van der Waals surface area contributed by atoms with Crippen LogP contribution in [0.2, 0.25) is 0 Å². The summed E-state index contributed by atoms with van der Waals surface area (Å²) in [7, 11) is 1.16. The molecule has 0 saturated heterocycles. The van der Waals surface area contributed by atoms with Crippen molar-refractivity contribution < 1.29 is 22.8 Å². The molecule has 16 heavy (non-hydrogen) atoms. The largest absolute Gasteiger partial charge is 0.390 e. The molecule has 0 heterocycles. The summed E-state index contributed by atoms with van der Waals surface area (Å²) in [5.74, 6) is -0.745. The number of urea groups is 1. The topological polar surface area (TPSA) is 49.4 Å². The van der Waals surface area contributed by atoms with Crippen molar-refractivity contribution in [3.8, 4) is 0 Å². The summed E-state index contributed by atoms with van der Waals surface area (Å²) in [5, 5.41) is 0.947. The summed E-state index contributed by atoms with van der Waals surface area (Å²) < 4.78 is 35.5. The van der Waals surface area contributed by atoms with Crippen LogP contribution in [0.25, 0.3) is 0 Å². The van der Waals surface area contributed by atoms with Crippen molar-refractivity contribution >= 4 is 23.5 Å². The van der Waals surface area contributed by atoms with Crippen molar-refractivity contribution in [3.05, 3.63) is 0 Å². The molecule has 0 bridgehead atoms. The normalized spacial score (nSPS) is 13.1. The monoisotopic (exact) mass is 260 g/mol. The van der Waals surface area contributed by atoms with Crippen molar-refractivity contribution in [2.45, 2.75) is 24.9 Å². The fourth-order valence-corrected chi connectivity index (χ4v) is 0.751. The Kier molecular flexibility index (Phi) is 5.57. The average molecular weight is 261 g/mol. The van der Waals surface area contributed by atoms with Crippen LogP contribution < -0.4 is 5.32 Å². The number of amides is 3. The second-order valence-corrected chi connectivity index (χ2v) is 3.85. The summed E-state index contributed by atoms with van der Waals surface area (Å²) in [5.41, 5.74) is 0. The van der Waals surface area contributed by atoms with Crippen LogP contribution >= 0.6 is 11.6 Å². The van der Waals surface area contributed by atoms with Crippen molar-refractivity contribution in [2.24, 2.45) is 0 Å². The van der Waals surface area contributed by atoms with E-state index >= 15 is 0 Å². The Morgan fingerprint density at radius 3 is 2.31 bits per heavy atom. The second-order valence-electron chi connectivity index (χ2n) is 3.20. The number of nitrogens with zero attached hydrogens (tertiary/aromatic N) is 1. The molecule has 94 valence electrons. The lowest BCUT2D eigenvalue weighted by molar-refractivity contribution is -0.136. The number of alkyl halides is 4. The summed E-state index contributed by atoms with van der Waals surface area (Å²) in [4.78, 5) is 22.9. The Hall–Kier alpha value is -0.980. The number of nitrogens with one attached hydrogen (secondary N) is 1. The zero-order valence-corrected chi connectivity index (χ0v) is 9.52. The van der Waals surface area contributed by atoms with Gasteiger partial charge in [0.15, 0.2) is 0 Å². The molecule has 1 atom stereocenters. The summed E-state index contributed by atoms with van der Waals surface area (Å²) in [6.45, 7) is 0.833. The first kappa shape index (κ1) is 15.0. The molecule has 0 saturated carbocycles. The van der Waals surface area contributed by atoms with E-state index in [-0.39, 0.29) is 0 Å². The van der Waals surface area contributed by atoms with E-state index < -0.39 is 36.5 Å². The van der Waals surface area contributed by atoms with Crippen LogP contribution in [0, 0.1) is 0 Å². The van der Waals surface area contributed by atoms with Gasteiger partial charge in [0, 0.05) is 13.6 Å². The number of imide groups is 1. The van der Waals surface area contributed by atoms with Gasteiger partial charge in [0.05, 0.1) is 6.42 Å². The van der Waals surface area contributed by atoms with Crippen LogP contribution in [-0.2, 0) is 4.79 Å². The first-order valence-electron chi connectivity index (χ1n) is 4.40. The number of carbonyl (C=O) groups excluding carboxylic acids is 2. The first-order chi connectivity index (χ1) is 7.13. The first-order valence-corrected chi connectivity index (χ1v) is 4.84. The van der Waals surface area contributed by atoms with Gasteiger partial charge in [-0.2, -0.15) is 13.2 Å². The molecule has 0 radical (unpaired) electrons. The number of halogens is 4. The molecule has 4 nitrogen and oxygen atoms in total. The lowest BCUT2D eigenvalue weighted by Gasteiger charge is -2.18. The molecule has 0 aromatic heterocycles. The zero-order chi connectivity index (χ0) is 12.9. The third-order valence-electron chi connectivity index (χ3n) is 1.67. The smallest absolute Gasteiger partial charge is 0.327 e. The third kappa shape index (κ3) is 6.49. The van der Waals surface area contributed by atoms with Gasteiger partial charge in [-0.15, -0.1) is 11.6 Å². The minimum atomic E-state index is -4.33. The molecular weight excluding hydrogens is 249 g/mol. The maximum atomic E-state index is 11.8. The Balaban J connectivity index is 4.05. The van der Waals surface area contributed by atoms with Crippen molar-refractivity contribution in [1.82, 2.24) is 10.2 Å². The Bertz CT molecular complexity index is 268. The fourth-order valence-electron chi connectivity index (χ4n) is 0.696. The number of carbonyl (C=O) groups is 2. The number of hydrogen-bond donors (Lipinski definition) is 1. The maximum absolute atomic E-state index is 11.8. The van der Waals surface area contributed by atoms with E-state index in [1.54, 1.807) is 0 Å². The van der Waals surface area contributed by atoms with Gasteiger partial charge in [0.2, 0.25) is 5.91 Å². The van der Waals surface area contributed by atoms with Gasteiger partial charge in [-0.1, -0.05) is 0 Å². The molecule has 0 aromatic rings. The second kappa shape index (κ2) is 5.93. The highest BCUT2D eigenvalue weighted by Gasteiger charge is 2.28. The van der Waals surface area contributed by atoms with Gasteiger partial charge in [0.25, 0.3) is 0 Å². The van der Waals surface area contributed by atoms with Crippen LogP contribution in [0.3, 0.4) is 0 Å². The molecule has 0 spiro atoms.